The number of benzene rings is 1. The van der Waals surface area contributed by atoms with Crippen LogP contribution in [0.3, 0.4) is 0 Å². The van der Waals surface area contributed by atoms with Crippen molar-refractivity contribution >= 4 is 23.2 Å². The molecule has 5 nitrogen and oxygen atoms in total. The molecule has 5 heteroatoms. The van der Waals surface area contributed by atoms with Gasteiger partial charge < -0.3 is 14.6 Å². The van der Waals surface area contributed by atoms with E-state index in [1.807, 2.05) is 18.2 Å². The molecular formula is C20H22N2O3. The Morgan fingerprint density at radius 2 is 2.04 bits per heavy atom. The van der Waals surface area contributed by atoms with Gasteiger partial charge in [-0.25, -0.2) is 0 Å². The molecule has 1 fully saturated rings. The number of nitrogens with one attached hydrogen (secondary N) is 1. The van der Waals surface area contributed by atoms with Crippen molar-refractivity contribution in [3.8, 4) is 0 Å². The summed E-state index contributed by atoms with van der Waals surface area (Å²) in [7, 11) is 0. The van der Waals surface area contributed by atoms with Crippen LogP contribution in [0, 0.1) is 5.92 Å². The van der Waals surface area contributed by atoms with E-state index in [0.29, 0.717) is 24.6 Å². The van der Waals surface area contributed by atoms with Gasteiger partial charge >= 0.3 is 0 Å². The molecule has 130 valence electrons. The summed E-state index contributed by atoms with van der Waals surface area (Å²) in [5.74, 6) is 0.780. The number of furan rings is 1. The lowest BCUT2D eigenvalue weighted by atomic mass is 10.0. The smallest absolute Gasteiger partial charge is 0.293 e. The highest BCUT2D eigenvalue weighted by Gasteiger charge is 2.27. The Hall–Kier alpha value is -2.56. The van der Waals surface area contributed by atoms with Crippen LogP contribution in [0.25, 0.3) is 0 Å². The maximum Gasteiger partial charge on any atom is 0.293 e. The van der Waals surface area contributed by atoms with Crippen LogP contribution in [0.15, 0.2) is 41.0 Å². The van der Waals surface area contributed by atoms with Crippen molar-refractivity contribution < 1.29 is 14.0 Å². The summed E-state index contributed by atoms with van der Waals surface area (Å²) in [6.07, 6.45) is 7.70. The van der Waals surface area contributed by atoms with Crippen LogP contribution < -0.4 is 10.2 Å². The van der Waals surface area contributed by atoms with Gasteiger partial charge in [0.25, 0.3) is 5.91 Å². The van der Waals surface area contributed by atoms with E-state index in [-0.39, 0.29) is 11.8 Å². The highest BCUT2D eigenvalue weighted by atomic mass is 16.3. The quantitative estimate of drug-likeness (QED) is 0.916. The molecule has 2 amide bonds. The van der Waals surface area contributed by atoms with Gasteiger partial charge in [0.2, 0.25) is 5.91 Å². The van der Waals surface area contributed by atoms with Gasteiger partial charge in [0.15, 0.2) is 5.76 Å². The van der Waals surface area contributed by atoms with Crippen molar-refractivity contribution in [2.24, 2.45) is 5.92 Å². The number of carbonyl (C=O) groups is 2. The van der Waals surface area contributed by atoms with Crippen molar-refractivity contribution in [1.82, 2.24) is 0 Å². The van der Waals surface area contributed by atoms with Gasteiger partial charge in [-0.1, -0.05) is 18.9 Å². The summed E-state index contributed by atoms with van der Waals surface area (Å²) in [5, 5.41) is 2.99. The van der Waals surface area contributed by atoms with Crippen molar-refractivity contribution in [2.45, 2.75) is 38.5 Å². The number of hydrogen-bond acceptors (Lipinski definition) is 3. The van der Waals surface area contributed by atoms with E-state index in [1.165, 1.54) is 19.1 Å². The Labute approximate surface area is 147 Å². The standard InChI is InChI=1S/C20H22N2O3/c23-19(12-14-4-1-2-5-14)21-16-8-7-15-9-10-22(17(15)13-16)20(24)18-6-3-11-25-18/h3,6-8,11,13-14H,1-2,4-5,9-10,12H2,(H,21,23). The second-order valence-corrected chi connectivity index (χ2v) is 6.93. The fourth-order valence-corrected chi connectivity index (χ4v) is 3.89. The average molecular weight is 338 g/mol. The summed E-state index contributed by atoms with van der Waals surface area (Å²) in [4.78, 5) is 26.6. The minimum atomic E-state index is -0.141. The number of anilines is 2. The van der Waals surface area contributed by atoms with Crippen molar-refractivity contribution in [1.29, 1.82) is 0 Å². The van der Waals surface area contributed by atoms with E-state index >= 15 is 0 Å². The number of amides is 2. The Kier molecular flexibility index (Phi) is 4.30. The van der Waals surface area contributed by atoms with Gasteiger partial charge in [-0.2, -0.15) is 0 Å². The highest BCUT2D eigenvalue weighted by Crippen LogP contribution is 2.33. The zero-order valence-corrected chi connectivity index (χ0v) is 14.2. The Bertz CT molecular complexity index is 776. The van der Waals surface area contributed by atoms with Crippen LogP contribution in [0.2, 0.25) is 0 Å². The fourth-order valence-electron chi connectivity index (χ4n) is 3.89. The fraction of sp³-hybridized carbons (Fsp3) is 0.400. The van der Waals surface area contributed by atoms with E-state index in [4.69, 9.17) is 4.42 Å². The molecule has 0 bridgehead atoms. The van der Waals surface area contributed by atoms with Gasteiger partial charge in [-0.3, -0.25) is 9.59 Å². The molecule has 0 saturated heterocycles. The zero-order chi connectivity index (χ0) is 17.2. The molecule has 2 aliphatic rings. The van der Waals surface area contributed by atoms with Crippen molar-refractivity contribution in [3.63, 3.8) is 0 Å². The van der Waals surface area contributed by atoms with E-state index < -0.39 is 0 Å². The molecule has 25 heavy (non-hydrogen) atoms. The third-order valence-electron chi connectivity index (χ3n) is 5.19. The molecule has 4 rings (SSSR count). The molecule has 1 aromatic carbocycles. The number of fused-ring (bicyclic) bond motifs is 1. The number of nitrogens with zero attached hydrogens (tertiary/aromatic N) is 1. The lowest BCUT2D eigenvalue weighted by Gasteiger charge is -2.17. The van der Waals surface area contributed by atoms with Crippen LogP contribution in [-0.2, 0) is 11.2 Å². The molecule has 2 heterocycles. The molecule has 1 aromatic heterocycles. The summed E-state index contributed by atoms with van der Waals surface area (Å²) in [6.45, 7) is 0.633. The van der Waals surface area contributed by atoms with Crippen LogP contribution in [0.4, 0.5) is 11.4 Å². The lowest BCUT2D eigenvalue weighted by molar-refractivity contribution is -0.117. The van der Waals surface area contributed by atoms with Gasteiger partial charge in [-0.15, -0.1) is 0 Å². The van der Waals surface area contributed by atoms with E-state index in [2.05, 4.69) is 5.32 Å². The Morgan fingerprint density at radius 1 is 1.20 bits per heavy atom. The van der Waals surface area contributed by atoms with Gasteiger partial charge in [-0.05, 0) is 55.0 Å². The number of rotatable bonds is 4. The SMILES string of the molecule is O=C(CC1CCCC1)Nc1ccc2c(c1)N(C(=O)c1ccco1)CC2. The molecule has 1 saturated carbocycles. The molecule has 0 unspecified atom stereocenters. The highest BCUT2D eigenvalue weighted by molar-refractivity contribution is 6.06. The van der Waals surface area contributed by atoms with E-state index in [9.17, 15) is 9.59 Å². The Balaban J connectivity index is 1.48. The monoisotopic (exact) mass is 338 g/mol. The first-order chi connectivity index (χ1) is 12.2. The summed E-state index contributed by atoms with van der Waals surface area (Å²) < 4.78 is 5.23. The maximum absolute atomic E-state index is 12.6. The zero-order valence-electron chi connectivity index (χ0n) is 14.2. The normalized spacial score (nSPS) is 16.9. The van der Waals surface area contributed by atoms with Crippen molar-refractivity contribution in [3.05, 3.63) is 47.9 Å². The molecular weight excluding hydrogens is 316 g/mol. The molecule has 2 aromatic rings. The first-order valence-corrected chi connectivity index (χ1v) is 8.99. The molecule has 0 spiro atoms. The summed E-state index contributed by atoms with van der Waals surface area (Å²) in [6, 6.07) is 9.20. The second kappa shape index (κ2) is 6.75. The molecule has 0 atom stereocenters. The van der Waals surface area contributed by atoms with Crippen LogP contribution in [-0.4, -0.2) is 18.4 Å². The summed E-state index contributed by atoms with van der Waals surface area (Å²) >= 11 is 0. The van der Waals surface area contributed by atoms with Gasteiger partial charge in [0, 0.05) is 24.3 Å². The van der Waals surface area contributed by atoms with E-state index in [1.54, 1.807) is 17.0 Å². The van der Waals surface area contributed by atoms with Crippen molar-refractivity contribution in [2.75, 3.05) is 16.8 Å². The van der Waals surface area contributed by atoms with Crippen LogP contribution in [0.1, 0.15) is 48.2 Å². The minimum Gasteiger partial charge on any atom is -0.459 e. The third-order valence-corrected chi connectivity index (χ3v) is 5.19. The first kappa shape index (κ1) is 15.9. The Morgan fingerprint density at radius 3 is 2.80 bits per heavy atom. The van der Waals surface area contributed by atoms with Crippen LogP contribution >= 0.6 is 0 Å². The lowest BCUT2D eigenvalue weighted by Crippen LogP contribution is -2.28. The maximum atomic E-state index is 12.6. The molecule has 1 N–H and O–H groups in total. The average Bonchev–Trinajstić information content (AvgIpc) is 3.35. The van der Waals surface area contributed by atoms with Gasteiger partial charge in [0.05, 0.1) is 6.26 Å². The third kappa shape index (κ3) is 3.31. The minimum absolute atomic E-state index is 0.0637. The predicted octanol–water partition coefficient (Wildman–Crippen LogP) is 4.00. The predicted molar refractivity (Wildman–Crippen MR) is 95.7 cm³/mol. The molecule has 0 radical (unpaired) electrons. The largest absolute Gasteiger partial charge is 0.459 e. The second-order valence-electron chi connectivity index (χ2n) is 6.93. The van der Waals surface area contributed by atoms with E-state index in [0.717, 1.165) is 36.2 Å². The van der Waals surface area contributed by atoms with Gasteiger partial charge in [0.1, 0.15) is 0 Å². The number of carbonyl (C=O) groups excluding carboxylic acids is 2. The first-order valence-electron chi connectivity index (χ1n) is 8.99. The topological polar surface area (TPSA) is 62.6 Å². The van der Waals surface area contributed by atoms with Crippen LogP contribution in [0.5, 0.6) is 0 Å². The summed E-state index contributed by atoms with van der Waals surface area (Å²) in [5.41, 5.74) is 2.73. The number of hydrogen-bond donors (Lipinski definition) is 1. The molecule has 1 aliphatic carbocycles. The molecule has 1 aliphatic heterocycles.